The molecule has 0 fully saturated rings. The highest BCUT2D eigenvalue weighted by Gasteiger charge is 2.44. The lowest BCUT2D eigenvalue weighted by Crippen LogP contribution is -2.33. The Kier molecular flexibility index (Phi) is 24.2. The third-order valence-electron chi connectivity index (χ3n) is 16.8. The number of nitrogens with one attached hydrogen (secondary N) is 6. The highest BCUT2D eigenvalue weighted by molar-refractivity contribution is 7.70. The zero-order valence-corrected chi connectivity index (χ0v) is 55.0. The van der Waals surface area contributed by atoms with Crippen molar-refractivity contribution in [3.63, 3.8) is 0 Å². The van der Waals surface area contributed by atoms with Crippen LogP contribution in [0.5, 0.6) is 0 Å². The molecule has 0 bridgehead atoms. The van der Waals surface area contributed by atoms with Gasteiger partial charge in [0.1, 0.15) is 5.60 Å². The minimum atomic E-state index is -5.34. The van der Waals surface area contributed by atoms with Crippen LogP contribution in [0.2, 0.25) is 0 Å². The molecule has 8 aromatic rings. The summed E-state index contributed by atoms with van der Waals surface area (Å²) in [6, 6.07) is 42.1. The second-order valence-corrected chi connectivity index (χ2v) is 24.7. The van der Waals surface area contributed by atoms with E-state index in [0.717, 1.165) is 135 Å². The fraction of sp³-hybridized carbons (Fsp3) is 0.357. The fourth-order valence-electron chi connectivity index (χ4n) is 11.5. The summed E-state index contributed by atoms with van der Waals surface area (Å²) in [6.07, 6.45) is 9.10. The SMILES string of the molecule is CCN(CCCCNCCN(CC)c1ccc(/C(=C/C=C/C(OP(=O)(O)C(=O)O)(c2ccc(N(C)C)cc2)c2ccc(N(CC)CCNCCCCN(CC)c3ccc4c(=O)[nH][nH]c(=O)c4c3)cc2)c2ccc(N(C)C)cc2)cc1)c1ccc2c(=O)[nH][nH]c(=O)c2c1. The first-order valence-corrected chi connectivity index (χ1v) is 33.2. The first kappa shape index (κ1) is 68.9. The molecule has 0 aliphatic heterocycles. The molecule has 0 aliphatic rings. The maximum Gasteiger partial charge on any atom is 0.437 e. The van der Waals surface area contributed by atoms with Crippen molar-refractivity contribution in [2.45, 2.75) is 59.0 Å². The van der Waals surface area contributed by atoms with Gasteiger partial charge < -0.3 is 50.0 Å². The molecular formula is C70H89N12O9P. The number of aromatic nitrogens is 4. The topological polar surface area (TPSA) is 259 Å². The van der Waals surface area contributed by atoms with Crippen LogP contribution in [0.1, 0.15) is 75.6 Å². The maximum absolute atomic E-state index is 13.9. The Balaban J connectivity index is 0.975. The van der Waals surface area contributed by atoms with E-state index in [2.05, 4.69) is 115 Å². The Bertz CT molecular complexity index is 4090. The molecule has 8 rings (SSSR count). The van der Waals surface area contributed by atoms with Crippen LogP contribution < -0.4 is 62.3 Å². The predicted octanol–water partition coefficient (Wildman–Crippen LogP) is 10.1. The Morgan fingerprint density at radius 2 is 0.826 bits per heavy atom. The van der Waals surface area contributed by atoms with Gasteiger partial charge in [0.25, 0.3) is 22.2 Å². The largest absolute Gasteiger partial charge is 0.472 e. The summed E-state index contributed by atoms with van der Waals surface area (Å²) in [7, 11) is 2.44. The highest BCUT2D eigenvalue weighted by atomic mass is 31.2. The van der Waals surface area contributed by atoms with Gasteiger partial charge in [-0.2, -0.15) is 0 Å². The van der Waals surface area contributed by atoms with Gasteiger partial charge in [-0.15, -0.1) is 0 Å². The molecule has 2 unspecified atom stereocenters. The summed E-state index contributed by atoms with van der Waals surface area (Å²) in [4.78, 5) is 86.2. The molecule has 0 saturated heterocycles. The van der Waals surface area contributed by atoms with Gasteiger partial charge in [-0.1, -0.05) is 60.7 Å². The number of unbranched alkanes of at least 4 members (excludes halogenated alkanes) is 2. The molecule has 0 radical (unpaired) electrons. The second-order valence-electron chi connectivity index (χ2n) is 23.1. The number of fused-ring (bicyclic) bond motifs is 2. The van der Waals surface area contributed by atoms with E-state index in [9.17, 15) is 38.5 Å². The van der Waals surface area contributed by atoms with Crippen molar-refractivity contribution in [2.24, 2.45) is 0 Å². The number of nitrogens with zero attached hydrogens (tertiary/aromatic N) is 6. The Morgan fingerprint density at radius 3 is 1.21 bits per heavy atom. The van der Waals surface area contributed by atoms with E-state index in [4.69, 9.17) is 4.52 Å². The van der Waals surface area contributed by atoms with Crippen LogP contribution in [0.4, 0.5) is 38.9 Å². The lowest BCUT2D eigenvalue weighted by Gasteiger charge is -2.33. The third-order valence-corrected chi connectivity index (χ3v) is 17.8. The van der Waals surface area contributed by atoms with Crippen LogP contribution >= 0.6 is 7.60 Å². The molecule has 0 saturated carbocycles. The van der Waals surface area contributed by atoms with Gasteiger partial charge in [0, 0.05) is 128 Å². The Morgan fingerprint density at radius 1 is 0.478 bits per heavy atom. The summed E-state index contributed by atoms with van der Waals surface area (Å²) < 4.78 is 20.0. The standard InChI is InChI=1S/C70H89N12O9P/c1-9-79(58-35-37-61-63(48-58)67(85)75-73-65(61)83)44-15-13-40-71-42-46-81(11-3)56-29-21-51(22-30-56)60(50-19-27-54(28-20-50)77(5)6)18-17-39-70(91-92(89,90)69(87)88,52-23-31-55(32-24-52)78(7)8)53-25-33-57(34-26-53)82(12-4)47-43-72-41-14-16-45-80(10-2)59-36-38-62-64(49-59)68(86)76-74-66(62)84/h17-39,48-49,71-72H,9-16,40-47H2,1-8H3,(H,73,83)(H,74,84)(H,75,85)(H,76,86)(H,87,88)(H,89,90)/b39-17+,60-18+. The predicted molar refractivity (Wildman–Crippen MR) is 376 cm³/mol. The lowest BCUT2D eigenvalue weighted by atomic mass is 9.85. The molecule has 0 aliphatic carbocycles. The molecule has 0 spiro atoms. The number of likely N-dealkylation sites (N-methyl/N-ethyl adjacent to an activating group) is 2. The average Bonchev–Trinajstić information content (AvgIpc) is 0.780. The number of benzene rings is 6. The van der Waals surface area contributed by atoms with Crippen LogP contribution in [0.25, 0.3) is 27.1 Å². The first-order valence-electron chi connectivity index (χ1n) is 31.6. The van der Waals surface area contributed by atoms with Gasteiger partial charge in [-0.3, -0.25) is 44.1 Å². The minimum Gasteiger partial charge on any atom is -0.472 e. The number of aromatic amines is 4. The van der Waals surface area contributed by atoms with Crippen LogP contribution in [-0.2, 0) is 14.7 Å². The van der Waals surface area contributed by atoms with Gasteiger partial charge in [0.15, 0.2) is 0 Å². The van der Waals surface area contributed by atoms with Crippen molar-refractivity contribution < 1.29 is 23.9 Å². The minimum absolute atomic E-state index is 0.322. The van der Waals surface area contributed by atoms with Crippen molar-refractivity contribution >= 4 is 74.5 Å². The quantitative estimate of drug-likeness (QED) is 0.0104. The molecule has 22 heteroatoms. The number of anilines is 6. The van der Waals surface area contributed by atoms with E-state index in [-0.39, 0.29) is 22.2 Å². The zero-order valence-electron chi connectivity index (χ0n) is 54.1. The van der Waals surface area contributed by atoms with E-state index >= 15 is 0 Å². The molecule has 21 nitrogen and oxygen atoms in total. The molecule has 92 heavy (non-hydrogen) atoms. The van der Waals surface area contributed by atoms with E-state index in [1.54, 1.807) is 48.6 Å². The molecule has 488 valence electrons. The number of allylic oxidation sites excluding steroid dienone is 2. The summed E-state index contributed by atoms with van der Waals surface area (Å²) in [5.74, 6) is 0. The number of carboxylic acid groups (broad SMARTS) is 1. The van der Waals surface area contributed by atoms with Crippen LogP contribution in [0.15, 0.2) is 171 Å². The van der Waals surface area contributed by atoms with E-state index < -0.39 is 18.9 Å². The van der Waals surface area contributed by atoms with Gasteiger partial charge in [-0.25, -0.2) is 9.36 Å². The number of rotatable bonds is 35. The monoisotopic (exact) mass is 1270 g/mol. The summed E-state index contributed by atoms with van der Waals surface area (Å²) in [6.45, 7) is 17.5. The van der Waals surface area contributed by atoms with Crippen LogP contribution in [-0.4, -0.2) is 143 Å². The van der Waals surface area contributed by atoms with Crippen LogP contribution in [0.3, 0.4) is 0 Å². The smallest absolute Gasteiger partial charge is 0.437 e. The van der Waals surface area contributed by atoms with Crippen LogP contribution in [0, 0.1) is 0 Å². The normalized spacial score (nSPS) is 13.1. The van der Waals surface area contributed by atoms with E-state index in [1.165, 1.54) is 0 Å². The Labute approximate surface area is 537 Å². The molecular weight excluding hydrogens is 1180 g/mol. The van der Waals surface area contributed by atoms with Gasteiger partial charge in [0.05, 0.1) is 21.5 Å². The first-order chi connectivity index (χ1) is 44.3. The molecule has 0 amide bonds. The lowest BCUT2D eigenvalue weighted by molar-refractivity contribution is 0.132. The van der Waals surface area contributed by atoms with E-state index in [0.29, 0.717) is 52.3 Å². The highest BCUT2D eigenvalue weighted by Crippen LogP contribution is 2.53. The number of H-pyrrole nitrogens is 4. The van der Waals surface area contributed by atoms with Crippen molar-refractivity contribution in [3.8, 4) is 0 Å². The molecule has 6 aromatic carbocycles. The zero-order chi connectivity index (χ0) is 66.0. The average molecular weight is 1270 g/mol. The fourth-order valence-corrected chi connectivity index (χ4v) is 12.2. The second kappa shape index (κ2) is 32.3. The Hall–Kier alpha value is -8.98. The molecule has 2 atom stereocenters. The van der Waals surface area contributed by atoms with Gasteiger partial charge in [-0.05, 0) is 185 Å². The molecule has 2 aromatic heterocycles. The van der Waals surface area contributed by atoms with Crippen molar-refractivity contribution in [1.29, 1.82) is 0 Å². The summed E-state index contributed by atoms with van der Waals surface area (Å²) in [5.41, 5.74) is 4.01. The molecule has 8 N–H and O–H groups in total. The number of hydrogen-bond donors (Lipinski definition) is 8. The number of carbonyl (C=O) groups is 1. The maximum atomic E-state index is 13.9. The van der Waals surface area contributed by atoms with Crippen molar-refractivity contribution in [2.75, 3.05) is 136 Å². The summed E-state index contributed by atoms with van der Waals surface area (Å²) >= 11 is 0. The molecule has 2 heterocycles. The van der Waals surface area contributed by atoms with E-state index in [1.807, 2.05) is 105 Å². The van der Waals surface area contributed by atoms with Crippen molar-refractivity contribution in [1.82, 2.24) is 31.0 Å². The van der Waals surface area contributed by atoms with Gasteiger partial charge >= 0.3 is 13.3 Å². The number of hydrogen-bond acceptors (Lipinski definition) is 15. The van der Waals surface area contributed by atoms with Crippen molar-refractivity contribution in [3.05, 3.63) is 215 Å². The summed E-state index contributed by atoms with van der Waals surface area (Å²) in [5, 5.41) is 28.5. The third kappa shape index (κ3) is 17.1. The van der Waals surface area contributed by atoms with Gasteiger partial charge in [0.2, 0.25) is 0 Å².